The molecule has 0 saturated carbocycles. The van der Waals surface area contributed by atoms with Gasteiger partial charge in [-0.15, -0.1) is 0 Å². The summed E-state index contributed by atoms with van der Waals surface area (Å²) in [7, 11) is 1.52. The number of rotatable bonds is 7. The maximum absolute atomic E-state index is 13.0. The Hall–Kier alpha value is -2.99. The Morgan fingerprint density at radius 1 is 1.07 bits per heavy atom. The second-order valence-electron chi connectivity index (χ2n) is 6.77. The first kappa shape index (κ1) is 20.7. The van der Waals surface area contributed by atoms with Crippen molar-refractivity contribution in [3.05, 3.63) is 58.7 Å². The first-order chi connectivity index (χ1) is 13.8. The minimum atomic E-state index is -0.392. The zero-order valence-electron chi connectivity index (χ0n) is 16.8. The number of carbonyl (C=O) groups excluding carboxylic acids is 2. The molecule has 0 spiro atoms. The average Bonchev–Trinajstić information content (AvgIpc) is 2.91. The van der Waals surface area contributed by atoms with E-state index in [0.717, 1.165) is 0 Å². The summed E-state index contributed by atoms with van der Waals surface area (Å²) in [5.41, 5.74) is 1.62. The van der Waals surface area contributed by atoms with Crippen molar-refractivity contribution >= 4 is 34.7 Å². The van der Waals surface area contributed by atoms with Gasteiger partial charge in [0.2, 0.25) is 0 Å². The molecular formula is C22H23ClN2O4. The number of nitrogens with zero attached hydrogens (tertiary/aromatic N) is 1. The molecule has 7 heteroatoms. The van der Waals surface area contributed by atoms with Gasteiger partial charge >= 0.3 is 0 Å². The fourth-order valence-electron chi connectivity index (χ4n) is 3.13. The van der Waals surface area contributed by atoms with E-state index < -0.39 is 5.91 Å². The van der Waals surface area contributed by atoms with Crippen LogP contribution in [0.1, 0.15) is 26.3 Å². The molecule has 0 saturated heterocycles. The van der Waals surface area contributed by atoms with Crippen molar-refractivity contribution in [3.63, 3.8) is 0 Å². The van der Waals surface area contributed by atoms with Crippen LogP contribution in [-0.4, -0.2) is 36.5 Å². The largest absolute Gasteiger partial charge is 0.495 e. The normalized spacial score (nSPS) is 14.1. The van der Waals surface area contributed by atoms with E-state index in [9.17, 15) is 9.59 Å². The van der Waals surface area contributed by atoms with Crippen LogP contribution >= 0.6 is 11.6 Å². The van der Waals surface area contributed by atoms with Crippen LogP contribution in [0.5, 0.6) is 11.5 Å². The molecule has 1 aliphatic rings. The Balaban J connectivity index is 2.06. The van der Waals surface area contributed by atoms with E-state index in [0.29, 0.717) is 33.3 Å². The number of benzene rings is 2. The Bertz CT molecular complexity index is 967. The Labute approximate surface area is 175 Å². The molecule has 3 rings (SSSR count). The van der Waals surface area contributed by atoms with Gasteiger partial charge in [-0.05, 0) is 56.7 Å². The number of halogens is 1. The van der Waals surface area contributed by atoms with Crippen molar-refractivity contribution in [2.45, 2.75) is 26.9 Å². The molecule has 1 aliphatic heterocycles. The average molecular weight is 415 g/mol. The van der Waals surface area contributed by atoms with Crippen molar-refractivity contribution < 1.29 is 19.1 Å². The maximum Gasteiger partial charge on any atom is 0.278 e. The van der Waals surface area contributed by atoms with Crippen LogP contribution in [0.25, 0.3) is 5.57 Å². The standard InChI is InChI=1S/C22H23ClN2O4/c1-5-25-21(26)19(14-6-9-16(10-7-14)29-13(2)3)20(22(25)27)24-17-12-15(23)8-11-18(17)28-4/h6-13,24H,5H2,1-4H3. The summed E-state index contributed by atoms with van der Waals surface area (Å²) >= 11 is 6.10. The van der Waals surface area contributed by atoms with E-state index in [-0.39, 0.29) is 24.3 Å². The molecular weight excluding hydrogens is 392 g/mol. The van der Waals surface area contributed by atoms with Gasteiger partial charge in [-0.2, -0.15) is 0 Å². The Morgan fingerprint density at radius 3 is 2.34 bits per heavy atom. The van der Waals surface area contributed by atoms with Gasteiger partial charge in [0, 0.05) is 11.6 Å². The summed E-state index contributed by atoms with van der Waals surface area (Å²) in [5, 5.41) is 3.55. The number of ether oxygens (including phenoxy) is 2. The summed E-state index contributed by atoms with van der Waals surface area (Å²) < 4.78 is 11.0. The highest BCUT2D eigenvalue weighted by atomic mass is 35.5. The van der Waals surface area contributed by atoms with Gasteiger partial charge < -0.3 is 14.8 Å². The molecule has 29 heavy (non-hydrogen) atoms. The van der Waals surface area contributed by atoms with Crippen molar-refractivity contribution in [2.75, 3.05) is 19.0 Å². The first-order valence-electron chi connectivity index (χ1n) is 9.33. The number of amides is 2. The summed E-state index contributed by atoms with van der Waals surface area (Å²) in [5.74, 6) is 0.465. The van der Waals surface area contributed by atoms with Crippen molar-refractivity contribution in [3.8, 4) is 11.5 Å². The van der Waals surface area contributed by atoms with Gasteiger partial charge in [0.15, 0.2) is 0 Å². The minimum absolute atomic E-state index is 0.0397. The van der Waals surface area contributed by atoms with Crippen LogP contribution in [0.3, 0.4) is 0 Å². The predicted molar refractivity (Wildman–Crippen MR) is 113 cm³/mol. The third-order valence-electron chi connectivity index (χ3n) is 4.42. The topological polar surface area (TPSA) is 67.9 Å². The molecule has 0 radical (unpaired) electrons. The van der Waals surface area contributed by atoms with Gasteiger partial charge in [0.1, 0.15) is 17.2 Å². The van der Waals surface area contributed by atoms with E-state index >= 15 is 0 Å². The molecule has 6 nitrogen and oxygen atoms in total. The van der Waals surface area contributed by atoms with Crippen molar-refractivity contribution in [2.24, 2.45) is 0 Å². The summed E-state index contributed by atoms with van der Waals surface area (Å²) in [4.78, 5) is 27.1. The van der Waals surface area contributed by atoms with E-state index in [2.05, 4.69) is 5.32 Å². The maximum atomic E-state index is 13.0. The van der Waals surface area contributed by atoms with E-state index in [1.54, 1.807) is 49.4 Å². The smallest absolute Gasteiger partial charge is 0.278 e. The van der Waals surface area contributed by atoms with Crippen molar-refractivity contribution in [1.29, 1.82) is 0 Å². The lowest BCUT2D eigenvalue weighted by molar-refractivity contribution is -0.136. The van der Waals surface area contributed by atoms with E-state index in [1.807, 2.05) is 13.8 Å². The highest BCUT2D eigenvalue weighted by Crippen LogP contribution is 2.35. The number of imide groups is 1. The molecule has 1 heterocycles. The minimum Gasteiger partial charge on any atom is -0.495 e. The van der Waals surface area contributed by atoms with Gasteiger partial charge in [-0.3, -0.25) is 14.5 Å². The Morgan fingerprint density at radius 2 is 1.76 bits per heavy atom. The van der Waals surface area contributed by atoms with Crippen LogP contribution in [0.2, 0.25) is 5.02 Å². The lowest BCUT2D eigenvalue weighted by Crippen LogP contribution is -2.32. The molecule has 2 aromatic carbocycles. The van der Waals surface area contributed by atoms with Gasteiger partial charge in [0.05, 0.1) is 24.5 Å². The third kappa shape index (κ3) is 4.22. The summed E-state index contributed by atoms with van der Waals surface area (Å²) in [6.45, 7) is 5.91. The highest BCUT2D eigenvalue weighted by Gasteiger charge is 2.38. The molecule has 1 N–H and O–H groups in total. The summed E-state index contributed by atoms with van der Waals surface area (Å²) in [6, 6.07) is 12.1. The number of nitrogens with one attached hydrogen (secondary N) is 1. The monoisotopic (exact) mass is 414 g/mol. The number of likely N-dealkylation sites (N-methyl/N-ethyl adjacent to an activating group) is 1. The third-order valence-corrected chi connectivity index (χ3v) is 4.66. The zero-order chi connectivity index (χ0) is 21.1. The fraction of sp³-hybridized carbons (Fsp3) is 0.273. The number of carbonyl (C=O) groups is 2. The molecule has 0 fully saturated rings. The quantitative estimate of drug-likeness (QED) is 0.682. The van der Waals surface area contributed by atoms with Crippen LogP contribution in [0.4, 0.5) is 5.69 Å². The molecule has 0 unspecified atom stereocenters. The van der Waals surface area contributed by atoms with Crippen molar-refractivity contribution in [1.82, 2.24) is 4.90 Å². The van der Waals surface area contributed by atoms with Crippen LogP contribution in [-0.2, 0) is 9.59 Å². The van der Waals surface area contributed by atoms with Gasteiger partial charge in [0.25, 0.3) is 11.8 Å². The molecule has 2 amide bonds. The van der Waals surface area contributed by atoms with Crippen LogP contribution < -0.4 is 14.8 Å². The van der Waals surface area contributed by atoms with Gasteiger partial charge in [-0.25, -0.2) is 0 Å². The SMILES string of the molecule is CCN1C(=O)C(Nc2cc(Cl)ccc2OC)=C(c2ccc(OC(C)C)cc2)C1=O. The number of hydrogen-bond donors (Lipinski definition) is 1. The second-order valence-corrected chi connectivity index (χ2v) is 7.20. The van der Waals surface area contributed by atoms with Crippen LogP contribution in [0.15, 0.2) is 48.2 Å². The fourth-order valence-corrected chi connectivity index (χ4v) is 3.30. The molecule has 0 aromatic heterocycles. The molecule has 2 aromatic rings. The lowest BCUT2D eigenvalue weighted by Gasteiger charge is -2.14. The predicted octanol–water partition coefficient (Wildman–Crippen LogP) is 4.35. The first-order valence-corrected chi connectivity index (χ1v) is 9.71. The van der Waals surface area contributed by atoms with Gasteiger partial charge in [-0.1, -0.05) is 23.7 Å². The second kappa shape index (κ2) is 8.57. The lowest BCUT2D eigenvalue weighted by atomic mass is 10.0. The molecule has 0 aliphatic carbocycles. The number of hydrogen-bond acceptors (Lipinski definition) is 5. The van der Waals surface area contributed by atoms with E-state index in [4.69, 9.17) is 21.1 Å². The molecule has 152 valence electrons. The highest BCUT2D eigenvalue weighted by molar-refractivity contribution is 6.36. The molecule has 0 bridgehead atoms. The number of methoxy groups -OCH3 is 1. The summed E-state index contributed by atoms with van der Waals surface area (Å²) in [6.07, 6.45) is 0.0397. The Kier molecular flexibility index (Phi) is 6.13. The molecule has 0 atom stereocenters. The van der Waals surface area contributed by atoms with Crippen LogP contribution in [0, 0.1) is 0 Å². The number of anilines is 1. The van der Waals surface area contributed by atoms with E-state index in [1.165, 1.54) is 12.0 Å². The zero-order valence-corrected chi connectivity index (χ0v) is 17.5.